The minimum absolute atomic E-state index is 0.0245. The number of amides is 2. The molecule has 7 heteroatoms. The summed E-state index contributed by atoms with van der Waals surface area (Å²) in [4.78, 5) is 29.3. The van der Waals surface area contributed by atoms with Crippen molar-refractivity contribution in [3.63, 3.8) is 0 Å². The van der Waals surface area contributed by atoms with E-state index < -0.39 is 0 Å². The molecule has 0 unspecified atom stereocenters. The van der Waals surface area contributed by atoms with Gasteiger partial charge in [-0.05, 0) is 50.1 Å². The minimum Gasteiger partial charge on any atom is -0.372 e. The maximum atomic E-state index is 12.7. The van der Waals surface area contributed by atoms with Gasteiger partial charge >= 0.3 is 0 Å². The Labute approximate surface area is 169 Å². The van der Waals surface area contributed by atoms with Crippen LogP contribution in [-0.2, 0) is 17.8 Å². The Morgan fingerprint density at radius 3 is 2.50 bits per heavy atom. The number of hydrogen-bond acceptors (Lipinski definition) is 5. The highest BCUT2D eigenvalue weighted by molar-refractivity contribution is 7.16. The topological polar surface area (TPSA) is 76.4 Å². The Bertz CT molecular complexity index is 923. The molecule has 2 heterocycles. The molecule has 0 aliphatic carbocycles. The fourth-order valence-electron chi connectivity index (χ4n) is 3.47. The van der Waals surface area contributed by atoms with E-state index in [1.807, 2.05) is 12.1 Å². The van der Waals surface area contributed by atoms with E-state index in [4.69, 9.17) is 0 Å². The van der Waals surface area contributed by atoms with Crippen LogP contribution in [0.3, 0.4) is 0 Å². The lowest BCUT2D eigenvalue weighted by Crippen LogP contribution is -2.33. The zero-order valence-corrected chi connectivity index (χ0v) is 17.2. The van der Waals surface area contributed by atoms with Gasteiger partial charge in [0.15, 0.2) is 0 Å². The van der Waals surface area contributed by atoms with Crippen LogP contribution < -0.4 is 10.2 Å². The van der Waals surface area contributed by atoms with E-state index in [2.05, 4.69) is 30.1 Å². The Morgan fingerprint density at radius 1 is 1.25 bits per heavy atom. The van der Waals surface area contributed by atoms with Crippen LogP contribution in [0.25, 0.3) is 0 Å². The molecule has 1 aromatic carbocycles. The lowest BCUT2D eigenvalue weighted by atomic mass is 10.0. The van der Waals surface area contributed by atoms with Crippen LogP contribution in [0.4, 0.5) is 10.7 Å². The molecule has 1 aliphatic heterocycles. The molecule has 1 aromatic heterocycles. The molecule has 0 radical (unpaired) electrons. The van der Waals surface area contributed by atoms with Crippen molar-refractivity contribution < 1.29 is 9.59 Å². The van der Waals surface area contributed by atoms with Gasteiger partial charge in [0.05, 0.1) is 12.1 Å². The number of nitrogens with zero attached hydrogens (tertiary/aromatic N) is 3. The lowest BCUT2D eigenvalue weighted by molar-refractivity contribution is -0.129. The van der Waals surface area contributed by atoms with Gasteiger partial charge in [-0.2, -0.15) is 5.26 Å². The van der Waals surface area contributed by atoms with Gasteiger partial charge in [0.1, 0.15) is 11.1 Å². The molecule has 0 spiro atoms. The molecule has 0 bridgehead atoms. The van der Waals surface area contributed by atoms with Crippen molar-refractivity contribution in [3.8, 4) is 6.07 Å². The first kappa shape index (κ1) is 19.9. The van der Waals surface area contributed by atoms with Crippen molar-refractivity contribution in [1.29, 1.82) is 5.26 Å². The molecule has 6 nitrogen and oxygen atoms in total. The summed E-state index contributed by atoms with van der Waals surface area (Å²) >= 11 is 1.39. The number of rotatable bonds is 5. The van der Waals surface area contributed by atoms with E-state index in [9.17, 15) is 14.9 Å². The molecule has 28 heavy (non-hydrogen) atoms. The number of carbonyl (C=O) groups excluding carboxylic acids is 2. The molecule has 0 fully saturated rings. The Hall–Kier alpha value is -2.85. The Balaban J connectivity index is 1.79. The number of hydrogen-bond donors (Lipinski definition) is 1. The molecule has 0 atom stereocenters. The van der Waals surface area contributed by atoms with E-state index in [1.54, 1.807) is 24.0 Å². The first-order valence-electron chi connectivity index (χ1n) is 9.44. The van der Waals surface area contributed by atoms with Crippen molar-refractivity contribution in [2.45, 2.75) is 33.7 Å². The van der Waals surface area contributed by atoms with Gasteiger partial charge in [-0.15, -0.1) is 11.3 Å². The standard InChI is InChI=1S/C21H24N4O2S/c1-4-24(5-2)16-8-6-15(7-9-16)20(27)23-21-18(12-22)17-10-11-25(14(3)26)13-19(17)28-21/h6-9H,4-5,10-11,13H2,1-3H3,(H,23,27). The molecule has 1 aliphatic rings. The third kappa shape index (κ3) is 3.87. The molecule has 3 rings (SSSR count). The molecule has 146 valence electrons. The predicted molar refractivity (Wildman–Crippen MR) is 112 cm³/mol. The zero-order chi connectivity index (χ0) is 20.3. The summed E-state index contributed by atoms with van der Waals surface area (Å²) < 4.78 is 0. The predicted octanol–water partition coefficient (Wildman–Crippen LogP) is 3.62. The average molecular weight is 397 g/mol. The maximum absolute atomic E-state index is 12.7. The van der Waals surface area contributed by atoms with Gasteiger partial charge in [-0.1, -0.05) is 0 Å². The molecule has 2 amide bonds. The van der Waals surface area contributed by atoms with E-state index in [0.717, 1.165) is 29.2 Å². The fraction of sp³-hybridized carbons (Fsp3) is 0.381. The van der Waals surface area contributed by atoms with Gasteiger partial charge in [0.25, 0.3) is 5.91 Å². The molecule has 0 saturated heterocycles. The smallest absolute Gasteiger partial charge is 0.256 e. The number of nitriles is 1. The van der Waals surface area contributed by atoms with Gasteiger partial charge in [0, 0.05) is 42.7 Å². The van der Waals surface area contributed by atoms with Crippen LogP contribution in [0, 0.1) is 11.3 Å². The van der Waals surface area contributed by atoms with Crippen molar-refractivity contribution in [1.82, 2.24) is 4.90 Å². The number of fused-ring (bicyclic) bond motifs is 1. The summed E-state index contributed by atoms with van der Waals surface area (Å²) in [6.07, 6.45) is 0.642. The second kappa shape index (κ2) is 8.44. The summed E-state index contributed by atoms with van der Waals surface area (Å²) in [5.74, 6) is -0.207. The third-order valence-electron chi connectivity index (χ3n) is 5.10. The first-order valence-corrected chi connectivity index (χ1v) is 10.3. The van der Waals surface area contributed by atoms with Crippen LogP contribution in [0.15, 0.2) is 24.3 Å². The minimum atomic E-state index is -0.232. The molecule has 1 N–H and O–H groups in total. The van der Waals surface area contributed by atoms with Gasteiger partial charge < -0.3 is 15.1 Å². The highest BCUT2D eigenvalue weighted by Crippen LogP contribution is 2.37. The third-order valence-corrected chi connectivity index (χ3v) is 6.23. The van der Waals surface area contributed by atoms with Gasteiger partial charge in [-0.25, -0.2) is 0 Å². The Kier molecular flexibility index (Phi) is 6.00. The quantitative estimate of drug-likeness (QED) is 0.837. The molecular weight excluding hydrogens is 372 g/mol. The van der Waals surface area contributed by atoms with Crippen molar-refractivity contribution in [2.75, 3.05) is 29.9 Å². The normalized spacial score (nSPS) is 12.9. The first-order chi connectivity index (χ1) is 13.5. The average Bonchev–Trinajstić information content (AvgIpc) is 3.05. The number of thiophene rings is 1. The van der Waals surface area contributed by atoms with Crippen LogP contribution in [-0.4, -0.2) is 36.3 Å². The Morgan fingerprint density at radius 2 is 1.93 bits per heavy atom. The summed E-state index contributed by atoms with van der Waals surface area (Å²) in [5, 5.41) is 13.1. The zero-order valence-electron chi connectivity index (χ0n) is 16.4. The monoisotopic (exact) mass is 396 g/mol. The van der Waals surface area contributed by atoms with E-state index in [-0.39, 0.29) is 11.8 Å². The summed E-state index contributed by atoms with van der Waals surface area (Å²) in [5.41, 5.74) is 3.11. The van der Waals surface area contributed by atoms with Crippen molar-refractivity contribution >= 4 is 33.8 Å². The van der Waals surface area contributed by atoms with Crippen LogP contribution in [0.2, 0.25) is 0 Å². The SMILES string of the molecule is CCN(CC)c1ccc(C(=O)Nc2sc3c(c2C#N)CCN(C(C)=O)C3)cc1. The molecular formula is C21H24N4O2S. The second-order valence-corrected chi connectivity index (χ2v) is 7.79. The van der Waals surface area contributed by atoms with E-state index in [1.165, 1.54) is 11.3 Å². The van der Waals surface area contributed by atoms with Crippen LogP contribution in [0.5, 0.6) is 0 Å². The van der Waals surface area contributed by atoms with Crippen molar-refractivity contribution in [3.05, 3.63) is 45.8 Å². The number of benzene rings is 1. The highest BCUT2D eigenvalue weighted by Gasteiger charge is 2.26. The molecule has 0 saturated carbocycles. The maximum Gasteiger partial charge on any atom is 0.256 e. The largest absolute Gasteiger partial charge is 0.372 e. The lowest BCUT2D eigenvalue weighted by Gasteiger charge is -2.25. The molecule has 2 aromatic rings. The van der Waals surface area contributed by atoms with Crippen LogP contribution in [0.1, 0.15) is 47.1 Å². The fourth-order valence-corrected chi connectivity index (χ4v) is 4.68. The number of nitrogens with one attached hydrogen (secondary N) is 1. The number of anilines is 2. The van der Waals surface area contributed by atoms with E-state index in [0.29, 0.717) is 35.6 Å². The number of carbonyl (C=O) groups is 2. The summed E-state index contributed by atoms with van der Waals surface area (Å²) in [6, 6.07) is 9.72. The second-order valence-electron chi connectivity index (χ2n) is 6.68. The van der Waals surface area contributed by atoms with E-state index >= 15 is 0 Å². The van der Waals surface area contributed by atoms with Crippen LogP contribution >= 0.6 is 11.3 Å². The summed E-state index contributed by atoms with van der Waals surface area (Å²) in [7, 11) is 0. The van der Waals surface area contributed by atoms with Gasteiger partial charge in [0.2, 0.25) is 5.91 Å². The van der Waals surface area contributed by atoms with Crippen molar-refractivity contribution in [2.24, 2.45) is 0 Å². The highest BCUT2D eigenvalue weighted by atomic mass is 32.1. The van der Waals surface area contributed by atoms with Gasteiger partial charge in [-0.3, -0.25) is 9.59 Å². The summed E-state index contributed by atoms with van der Waals surface area (Å²) in [6.45, 7) is 8.66.